The topological polar surface area (TPSA) is 113 Å². The van der Waals surface area contributed by atoms with E-state index in [0.717, 1.165) is 0 Å². The molecule has 0 bridgehead atoms. The summed E-state index contributed by atoms with van der Waals surface area (Å²) < 4.78 is 19.2. The molecule has 1 aromatic carbocycles. The number of amides is 1. The van der Waals surface area contributed by atoms with Gasteiger partial charge in [0.25, 0.3) is 11.7 Å². The fourth-order valence-corrected chi connectivity index (χ4v) is 4.40. The number of hydrogen-bond donors (Lipinski definition) is 2. The smallest absolute Gasteiger partial charge is 0.355 e. The Morgan fingerprint density at radius 1 is 1.23 bits per heavy atom. The number of esters is 1. The molecular weight excluding hydrogens is 453 g/mol. The van der Waals surface area contributed by atoms with Crippen LogP contribution in [-0.4, -0.2) is 44.2 Å². The summed E-state index contributed by atoms with van der Waals surface area (Å²) in [5.41, 5.74) is 1.94. The maximum absolute atomic E-state index is 14.2. The first kappa shape index (κ1) is 23.9. The predicted octanol–water partition coefficient (Wildman–Crippen LogP) is 3.96. The first-order valence-electron chi connectivity index (χ1n) is 11.0. The highest BCUT2D eigenvalue weighted by Gasteiger charge is 2.46. The highest BCUT2D eigenvalue weighted by Crippen LogP contribution is 2.41. The number of likely N-dealkylation sites (tertiary alicyclic amines) is 1. The van der Waals surface area contributed by atoms with Crippen LogP contribution in [0.3, 0.4) is 0 Å². The average Bonchev–Trinajstić information content (AvgIpc) is 3.27. The molecule has 3 aromatic rings. The summed E-state index contributed by atoms with van der Waals surface area (Å²) in [6, 6.07) is 7.94. The number of aliphatic hydroxyl groups excluding tert-OH is 1. The van der Waals surface area contributed by atoms with Gasteiger partial charge in [-0.25, -0.2) is 9.18 Å². The number of ether oxygens (including phenoxy) is 1. The van der Waals surface area contributed by atoms with Crippen molar-refractivity contribution in [3.63, 3.8) is 0 Å². The van der Waals surface area contributed by atoms with Gasteiger partial charge in [-0.2, -0.15) is 0 Å². The second-order valence-electron chi connectivity index (χ2n) is 8.19. The molecule has 0 spiro atoms. The molecule has 1 aliphatic rings. The van der Waals surface area contributed by atoms with E-state index in [0.29, 0.717) is 22.4 Å². The van der Waals surface area contributed by atoms with Crippen molar-refractivity contribution in [3.05, 3.63) is 93.8 Å². The zero-order valence-corrected chi connectivity index (χ0v) is 19.5. The van der Waals surface area contributed by atoms with Gasteiger partial charge in [-0.1, -0.05) is 18.2 Å². The molecule has 0 radical (unpaired) electrons. The number of ketones is 1. The number of halogens is 1. The van der Waals surface area contributed by atoms with Crippen LogP contribution in [0.1, 0.15) is 51.4 Å². The van der Waals surface area contributed by atoms with Gasteiger partial charge in [-0.05, 0) is 55.7 Å². The van der Waals surface area contributed by atoms with Crippen molar-refractivity contribution < 1.29 is 28.6 Å². The van der Waals surface area contributed by atoms with Crippen molar-refractivity contribution in [2.45, 2.75) is 33.4 Å². The molecule has 180 valence electrons. The predicted molar refractivity (Wildman–Crippen MR) is 125 cm³/mol. The van der Waals surface area contributed by atoms with Gasteiger partial charge in [0, 0.05) is 30.2 Å². The summed E-state index contributed by atoms with van der Waals surface area (Å²) in [4.78, 5) is 46.9. The lowest BCUT2D eigenvalue weighted by Crippen LogP contribution is -2.29. The molecule has 4 rings (SSSR count). The lowest BCUT2D eigenvalue weighted by atomic mass is 9.94. The number of hydrogen-bond acceptors (Lipinski definition) is 6. The Hall–Kier alpha value is -4.27. The Balaban J connectivity index is 1.90. The Morgan fingerprint density at radius 3 is 2.66 bits per heavy atom. The van der Waals surface area contributed by atoms with Crippen molar-refractivity contribution in [1.29, 1.82) is 0 Å². The van der Waals surface area contributed by atoms with Crippen LogP contribution in [0.5, 0.6) is 0 Å². The minimum atomic E-state index is -1.05. The van der Waals surface area contributed by atoms with Crippen LogP contribution < -0.4 is 0 Å². The molecule has 1 aliphatic heterocycles. The van der Waals surface area contributed by atoms with Gasteiger partial charge in [-0.3, -0.25) is 14.6 Å². The van der Waals surface area contributed by atoms with Crippen molar-refractivity contribution in [3.8, 4) is 0 Å². The molecule has 0 aliphatic carbocycles. The Kier molecular flexibility index (Phi) is 6.50. The van der Waals surface area contributed by atoms with E-state index in [1.54, 1.807) is 51.4 Å². The number of aromatic nitrogens is 2. The molecular formula is C26H24FN3O5. The number of benzene rings is 1. The van der Waals surface area contributed by atoms with E-state index in [-0.39, 0.29) is 30.0 Å². The summed E-state index contributed by atoms with van der Waals surface area (Å²) in [5, 5.41) is 11.4. The molecule has 35 heavy (non-hydrogen) atoms. The van der Waals surface area contributed by atoms with Crippen LogP contribution in [0, 0.1) is 19.7 Å². The summed E-state index contributed by atoms with van der Waals surface area (Å²) >= 11 is 0. The van der Waals surface area contributed by atoms with Crippen molar-refractivity contribution in [1.82, 2.24) is 14.9 Å². The third-order valence-corrected chi connectivity index (χ3v) is 5.93. The summed E-state index contributed by atoms with van der Waals surface area (Å²) in [6.07, 6.45) is 3.15. The van der Waals surface area contributed by atoms with Crippen LogP contribution >= 0.6 is 0 Å². The third-order valence-electron chi connectivity index (χ3n) is 5.93. The summed E-state index contributed by atoms with van der Waals surface area (Å²) in [6.45, 7) is 5.10. The lowest BCUT2D eigenvalue weighted by molar-refractivity contribution is -0.140. The fourth-order valence-electron chi connectivity index (χ4n) is 4.40. The van der Waals surface area contributed by atoms with Crippen LogP contribution in [0.15, 0.2) is 54.4 Å². The number of H-pyrrole nitrogens is 1. The van der Waals surface area contributed by atoms with Gasteiger partial charge in [0.1, 0.15) is 17.3 Å². The van der Waals surface area contributed by atoms with Crippen LogP contribution in [0.2, 0.25) is 0 Å². The maximum atomic E-state index is 14.2. The summed E-state index contributed by atoms with van der Waals surface area (Å²) in [7, 11) is 0. The molecule has 2 aromatic heterocycles. The zero-order chi connectivity index (χ0) is 25.3. The Bertz CT molecular complexity index is 1350. The molecule has 1 amide bonds. The third kappa shape index (κ3) is 4.32. The number of nitrogens with zero attached hydrogens (tertiary/aromatic N) is 2. The van der Waals surface area contributed by atoms with Crippen LogP contribution in [0.25, 0.3) is 5.76 Å². The van der Waals surface area contributed by atoms with Gasteiger partial charge in [0.15, 0.2) is 0 Å². The largest absolute Gasteiger partial charge is 0.507 e. The molecule has 8 nitrogen and oxygen atoms in total. The number of rotatable bonds is 6. The number of nitrogens with one attached hydrogen (secondary N) is 1. The molecule has 1 saturated heterocycles. The number of carbonyl (C=O) groups is 3. The maximum Gasteiger partial charge on any atom is 0.355 e. The van der Waals surface area contributed by atoms with Crippen molar-refractivity contribution in [2.75, 3.05) is 6.61 Å². The SMILES string of the molecule is CCOC(=O)c1[nH]c(C)c(/C(O)=C2\C(=O)C(=O)N(Cc3cccnc3)[C@H]2c2cccc(F)c2)c1C. The Morgan fingerprint density at radius 2 is 2.00 bits per heavy atom. The van der Waals surface area contributed by atoms with Gasteiger partial charge in [0.05, 0.1) is 18.2 Å². The van der Waals surface area contributed by atoms with E-state index >= 15 is 0 Å². The number of carbonyl (C=O) groups excluding carboxylic acids is 3. The van der Waals surface area contributed by atoms with E-state index in [2.05, 4.69) is 9.97 Å². The second kappa shape index (κ2) is 9.54. The standard InChI is InChI=1S/C26H24FN3O5/c1-4-35-26(34)21-14(2)19(15(3)29-21)23(31)20-22(17-8-5-9-18(27)11-17)30(25(33)24(20)32)13-16-7-6-10-28-12-16/h5-12,22,29,31H,4,13H2,1-3H3/b23-20+/t22-/m0/s1. The van der Waals surface area contributed by atoms with Gasteiger partial charge in [0.2, 0.25) is 0 Å². The number of aliphatic hydroxyl groups is 1. The van der Waals surface area contributed by atoms with Crippen LogP contribution in [-0.2, 0) is 20.9 Å². The number of aryl methyl sites for hydroxylation is 1. The van der Waals surface area contributed by atoms with E-state index < -0.39 is 35.3 Å². The minimum Gasteiger partial charge on any atom is -0.507 e. The molecule has 1 fully saturated rings. The molecule has 0 unspecified atom stereocenters. The zero-order valence-electron chi connectivity index (χ0n) is 19.5. The van der Waals surface area contributed by atoms with Gasteiger partial charge >= 0.3 is 5.97 Å². The highest BCUT2D eigenvalue weighted by molar-refractivity contribution is 6.46. The quantitative estimate of drug-likeness (QED) is 0.241. The number of aromatic amines is 1. The number of Topliss-reactive ketones (excluding diaryl/α,β-unsaturated/α-hetero) is 1. The fraction of sp³-hybridized carbons (Fsp3) is 0.231. The average molecular weight is 477 g/mol. The molecule has 3 heterocycles. The summed E-state index contributed by atoms with van der Waals surface area (Å²) in [5.74, 6) is -3.34. The molecule has 2 N–H and O–H groups in total. The van der Waals surface area contributed by atoms with E-state index in [9.17, 15) is 23.9 Å². The van der Waals surface area contributed by atoms with Crippen LogP contribution in [0.4, 0.5) is 4.39 Å². The highest BCUT2D eigenvalue weighted by atomic mass is 19.1. The first-order valence-corrected chi connectivity index (χ1v) is 11.0. The first-order chi connectivity index (χ1) is 16.7. The molecule has 9 heteroatoms. The van der Waals surface area contributed by atoms with Gasteiger partial charge < -0.3 is 19.7 Å². The lowest BCUT2D eigenvalue weighted by Gasteiger charge is -2.25. The second-order valence-corrected chi connectivity index (χ2v) is 8.19. The van der Waals surface area contributed by atoms with Crippen molar-refractivity contribution >= 4 is 23.4 Å². The van der Waals surface area contributed by atoms with E-state index in [1.165, 1.54) is 23.1 Å². The van der Waals surface area contributed by atoms with Crippen molar-refractivity contribution in [2.24, 2.45) is 0 Å². The van der Waals surface area contributed by atoms with E-state index in [1.807, 2.05) is 0 Å². The molecule has 0 saturated carbocycles. The normalized spacial score (nSPS) is 17.1. The Labute approximate surface area is 201 Å². The van der Waals surface area contributed by atoms with E-state index in [4.69, 9.17) is 4.74 Å². The minimum absolute atomic E-state index is 0.0234. The number of pyridine rings is 1. The van der Waals surface area contributed by atoms with Gasteiger partial charge in [-0.15, -0.1) is 0 Å². The molecule has 1 atom stereocenters. The monoisotopic (exact) mass is 477 g/mol.